The minimum Gasteiger partial charge on any atom is -0.497 e. The summed E-state index contributed by atoms with van der Waals surface area (Å²) in [5, 5.41) is 5.89. The average Bonchev–Trinajstić information content (AvgIpc) is 3.08. The number of carbonyl (C=O) groups excluding carboxylic acids is 2. The number of hydrogen-bond acceptors (Lipinski definition) is 6. The van der Waals surface area contributed by atoms with E-state index in [-0.39, 0.29) is 17.6 Å². The van der Waals surface area contributed by atoms with E-state index in [0.29, 0.717) is 21.9 Å². The van der Waals surface area contributed by atoms with Crippen LogP contribution in [0.15, 0.2) is 47.6 Å². The van der Waals surface area contributed by atoms with Crippen LogP contribution in [0.1, 0.15) is 31.2 Å². The summed E-state index contributed by atoms with van der Waals surface area (Å²) in [6, 6.07) is 11.8. The quantitative estimate of drug-likeness (QED) is 0.591. The van der Waals surface area contributed by atoms with Crippen molar-refractivity contribution in [3.63, 3.8) is 0 Å². The average molecular weight is 389 g/mol. The van der Waals surface area contributed by atoms with Gasteiger partial charge in [0.25, 0.3) is 0 Å². The zero-order valence-electron chi connectivity index (χ0n) is 14.9. The van der Waals surface area contributed by atoms with Crippen LogP contribution >= 0.6 is 11.6 Å². The Hall–Kier alpha value is -3.06. The van der Waals surface area contributed by atoms with Crippen molar-refractivity contribution in [1.29, 1.82) is 0 Å². The third kappa shape index (κ3) is 4.03. The molecule has 140 valence electrons. The number of ether oxygens (including phenoxy) is 3. The van der Waals surface area contributed by atoms with Crippen molar-refractivity contribution in [2.45, 2.75) is 20.1 Å². The summed E-state index contributed by atoms with van der Waals surface area (Å²) >= 11 is 6.07. The van der Waals surface area contributed by atoms with Crippen molar-refractivity contribution < 1.29 is 23.8 Å². The van der Waals surface area contributed by atoms with Gasteiger partial charge in [-0.2, -0.15) is 5.01 Å². The number of benzene rings is 2. The molecule has 0 aromatic heterocycles. The Morgan fingerprint density at radius 2 is 1.85 bits per heavy atom. The van der Waals surface area contributed by atoms with Gasteiger partial charge in [0.2, 0.25) is 18.0 Å². The van der Waals surface area contributed by atoms with Crippen LogP contribution in [0.25, 0.3) is 0 Å². The number of esters is 1. The summed E-state index contributed by atoms with van der Waals surface area (Å²) in [7, 11) is 1.57. The van der Waals surface area contributed by atoms with Crippen LogP contribution in [-0.4, -0.2) is 29.9 Å². The molecule has 1 heterocycles. The summed E-state index contributed by atoms with van der Waals surface area (Å²) in [6.45, 7) is 2.68. The second-order valence-electron chi connectivity index (χ2n) is 5.75. The molecule has 8 heteroatoms. The van der Waals surface area contributed by atoms with Gasteiger partial charge in [-0.05, 0) is 42.5 Å². The lowest BCUT2D eigenvalue weighted by molar-refractivity contribution is -0.135. The van der Waals surface area contributed by atoms with E-state index < -0.39 is 12.2 Å². The topological polar surface area (TPSA) is 77.4 Å². The second kappa shape index (κ2) is 7.67. The Morgan fingerprint density at radius 1 is 1.15 bits per heavy atom. The van der Waals surface area contributed by atoms with E-state index in [0.717, 1.165) is 0 Å². The SMILES string of the molecule is COc1ccc([C@@H]2OC(c3cc(Cl)ccc3OC(C)=O)=NN2C(C)=O)cc1. The molecule has 0 N–H and O–H groups in total. The predicted octanol–water partition coefficient (Wildman–Crippen LogP) is 3.51. The molecule has 0 saturated carbocycles. The highest BCUT2D eigenvalue weighted by molar-refractivity contribution is 6.31. The Labute approximate surface area is 161 Å². The second-order valence-corrected chi connectivity index (χ2v) is 6.18. The largest absolute Gasteiger partial charge is 0.497 e. The molecule has 1 atom stereocenters. The molecule has 0 aliphatic carbocycles. The van der Waals surface area contributed by atoms with E-state index in [2.05, 4.69) is 5.10 Å². The van der Waals surface area contributed by atoms with Crippen LogP contribution in [0.4, 0.5) is 0 Å². The third-order valence-corrected chi connectivity index (χ3v) is 4.03. The normalized spacial score (nSPS) is 15.8. The number of carbonyl (C=O) groups is 2. The van der Waals surface area contributed by atoms with Gasteiger partial charge >= 0.3 is 5.97 Å². The fraction of sp³-hybridized carbons (Fsp3) is 0.211. The predicted molar refractivity (Wildman–Crippen MR) is 98.6 cm³/mol. The number of hydrazone groups is 1. The van der Waals surface area contributed by atoms with Gasteiger partial charge in [0, 0.05) is 24.4 Å². The van der Waals surface area contributed by atoms with E-state index in [1.54, 1.807) is 49.6 Å². The highest BCUT2D eigenvalue weighted by Crippen LogP contribution is 2.34. The number of nitrogens with zero attached hydrogens (tertiary/aromatic N) is 2. The van der Waals surface area contributed by atoms with Gasteiger partial charge in [0.15, 0.2) is 0 Å². The number of amides is 1. The molecule has 7 nitrogen and oxygen atoms in total. The molecule has 0 saturated heterocycles. The van der Waals surface area contributed by atoms with Crippen molar-refractivity contribution in [2.24, 2.45) is 5.10 Å². The van der Waals surface area contributed by atoms with E-state index in [1.165, 1.54) is 18.9 Å². The minimum absolute atomic E-state index is 0.129. The molecule has 1 aliphatic rings. The first kappa shape index (κ1) is 18.7. The van der Waals surface area contributed by atoms with Gasteiger partial charge in [0.05, 0.1) is 12.7 Å². The molecule has 0 spiro atoms. The molecule has 0 bridgehead atoms. The molecule has 0 unspecified atom stereocenters. The van der Waals surface area contributed by atoms with Crippen molar-refractivity contribution in [2.75, 3.05) is 7.11 Å². The first-order valence-electron chi connectivity index (χ1n) is 8.06. The van der Waals surface area contributed by atoms with Crippen LogP contribution in [0, 0.1) is 0 Å². The molecule has 3 rings (SSSR count). The van der Waals surface area contributed by atoms with Crippen molar-refractivity contribution >= 4 is 29.4 Å². The maximum Gasteiger partial charge on any atom is 0.308 e. The highest BCUT2D eigenvalue weighted by atomic mass is 35.5. The summed E-state index contributed by atoms with van der Waals surface area (Å²) in [5.74, 6) is 0.253. The number of methoxy groups -OCH3 is 1. The van der Waals surface area contributed by atoms with Gasteiger partial charge in [-0.25, -0.2) is 0 Å². The van der Waals surface area contributed by atoms with E-state index >= 15 is 0 Å². The number of hydrogen-bond donors (Lipinski definition) is 0. The fourth-order valence-corrected chi connectivity index (χ4v) is 2.75. The molecule has 27 heavy (non-hydrogen) atoms. The first-order chi connectivity index (χ1) is 12.9. The standard InChI is InChI=1S/C19H17ClN2O5/c1-11(23)22-19(13-4-7-15(25-3)8-5-13)27-18(21-22)16-10-14(20)6-9-17(16)26-12(2)24/h4-10,19H,1-3H3/t19-/m0/s1. The monoisotopic (exact) mass is 388 g/mol. The zero-order chi connectivity index (χ0) is 19.6. The van der Waals surface area contributed by atoms with Gasteiger partial charge in [-0.3, -0.25) is 9.59 Å². The van der Waals surface area contributed by atoms with Gasteiger partial charge < -0.3 is 14.2 Å². The molecular formula is C19H17ClN2O5. The molecule has 0 fully saturated rings. The van der Waals surface area contributed by atoms with Crippen LogP contribution in [0.2, 0.25) is 5.02 Å². The lowest BCUT2D eigenvalue weighted by Crippen LogP contribution is -2.25. The summed E-state index contributed by atoms with van der Waals surface area (Å²) < 4.78 is 16.3. The molecule has 1 aliphatic heterocycles. The van der Waals surface area contributed by atoms with Crippen LogP contribution in [0.5, 0.6) is 11.5 Å². The third-order valence-electron chi connectivity index (χ3n) is 3.79. The van der Waals surface area contributed by atoms with Crippen molar-refractivity contribution in [1.82, 2.24) is 5.01 Å². The molecular weight excluding hydrogens is 372 g/mol. The minimum atomic E-state index is -0.757. The number of rotatable bonds is 4. The Balaban J connectivity index is 1.98. The molecule has 2 aromatic rings. The summed E-state index contributed by atoms with van der Waals surface area (Å²) in [4.78, 5) is 23.4. The summed E-state index contributed by atoms with van der Waals surface area (Å²) in [5.41, 5.74) is 1.08. The fourth-order valence-electron chi connectivity index (χ4n) is 2.57. The zero-order valence-corrected chi connectivity index (χ0v) is 15.7. The molecule has 0 radical (unpaired) electrons. The Bertz CT molecular complexity index is 911. The molecule has 2 aromatic carbocycles. The Kier molecular flexibility index (Phi) is 5.32. The van der Waals surface area contributed by atoms with Crippen molar-refractivity contribution in [3.8, 4) is 11.5 Å². The maximum absolute atomic E-state index is 12.1. The van der Waals surface area contributed by atoms with Gasteiger partial charge in [0.1, 0.15) is 11.5 Å². The van der Waals surface area contributed by atoms with Crippen molar-refractivity contribution in [3.05, 3.63) is 58.6 Å². The van der Waals surface area contributed by atoms with Crippen LogP contribution in [-0.2, 0) is 14.3 Å². The van der Waals surface area contributed by atoms with Gasteiger partial charge in [-0.15, -0.1) is 5.10 Å². The van der Waals surface area contributed by atoms with E-state index in [4.69, 9.17) is 25.8 Å². The Morgan fingerprint density at radius 3 is 2.44 bits per heavy atom. The lowest BCUT2D eigenvalue weighted by Gasteiger charge is -2.19. The van der Waals surface area contributed by atoms with Crippen LogP contribution < -0.4 is 9.47 Å². The smallest absolute Gasteiger partial charge is 0.308 e. The van der Waals surface area contributed by atoms with Gasteiger partial charge in [-0.1, -0.05) is 11.6 Å². The lowest BCUT2D eigenvalue weighted by atomic mass is 10.1. The van der Waals surface area contributed by atoms with E-state index in [9.17, 15) is 9.59 Å². The highest BCUT2D eigenvalue weighted by Gasteiger charge is 2.34. The summed E-state index contributed by atoms with van der Waals surface area (Å²) in [6.07, 6.45) is -0.757. The van der Waals surface area contributed by atoms with Crippen LogP contribution in [0.3, 0.4) is 0 Å². The maximum atomic E-state index is 12.1. The van der Waals surface area contributed by atoms with E-state index in [1.807, 2.05) is 0 Å². The number of halogens is 1. The first-order valence-corrected chi connectivity index (χ1v) is 8.44. The molecule has 1 amide bonds.